The van der Waals surface area contributed by atoms with Crippen LogP contribution in [0.25, 0.3) is 0 Å². The second-order valence-electron chi connectivity index (χ2n) is 4.62. The van der Waals surface area contributed by atoms with Crippen LogP contribution in [0.15, 0.2) is 42.2 Å². The largest absolute Gasteiger partial charge is 0.490 e. The summed E-state index contributed by atoms with van der Waals surface area (Å²) in [6.45, 7) is 2.22. The quantitative estimate of drug-likeness (QED) is 0.495. The first-order chi connectivity index (χ1) is 12.2. The van der Waals surface area contributed by atoms with Gasteiger partial charge in [-0.15, -0.1) is 10.2 Å². The number of hydrogen-bond donors (Lipinski definition) is 0. The van der Waals surface area contributed by atoms with E-state index in [1.54, 1.807) is 24.4 Å². The third-order valence-electron chi connectivity index (χ3n) is 2.90. The van der Waals surface area contributed by atoms with Gasteiger partial charge >= 0.3 is 0 Å². The Labute approximate surface area is 146 Å². The highest BCUT2D eigenvalue weighted by Gasteiger charge is 2.13. The van der Waals surface area contributed by atoms with E-state index in [-0.39, 0.29) is 16.9 Å². The lowest BCUT2D eigenvalue weighted by molar-refractivity contribution is 0.316. The molecule has 0 bridgehead atoms. The lowest BCUT2D eigenvalue weighted by atomic mass is 10.2. The van der Waals surface area contributed by atoms with Gasteiger partial charge in [-0.3, -0.25) is 0 Å². The molecule has 0 atom stereocenters. The van der Waals surface area contributed by atoms with Gasteiger partial charge in [-0.25, -0.2) is 9.66 Å². The Hall–Kier alpha value is -3.07. The zero-order valence-corrected chi connectivity index (χ0v) is 13.8. The molecule has 0 aliphatic rings. The maximum absolute atomic E-state index is 13.7. The van der Waals surface area contributed by atoms with Gasteiger partial charge in [-0.1, -0.05) is 0 Å². The van der Waals surface area contributed by atoms with E-state index < -0.39 is 5.82 Å². The maximum Gasteiger partial charge on any atom is 0.260 e. The lowest BCUT2D eigenvalue weighted by Crippen LogP contribution is -1.99. The van der Waals surface area contributed by atoms with Crippen LogP contribution in [0.4, 0.5) is 4.39 Å². The second kappa shape index (κ2) is 7.67. The number of aromatic nitrogens is 5. The van der Waals surface area contributed by atoms with Crippen molar-refractivity contribution in [1.29, 1.82) is 0 Å². The Kier molecular flexibility index (Phi) is 5.14. The molecule has 0 saturated carbocycles. The number of rotatable bonds is 6. The molecule has 1 aromatic carbocycles. The van der Waals surface area contributed by atoms with Crippen molar-refractivity contribution in [3.63, 3.8) is 0 Å². The summed E-state index contributed by atoms with van der Waals surface area (Å²) in [6.07, 6.45) is 5.45. The minimum atomic E-state index is -0.731. The van der Waals surface area contributed by atoms with Crippen LogP contribution in [-0.2, 0) is 0 Å². The monoisotopic (exact) mass is 362 g/mol. The molecule has 0 fully saturated rings. The van der Waals surface area contributed by atoms with Gasteiger partial charge in [0.05, 0.1) is 19.0 Å². The summed E-state index contributed by atoms with van der Waals surface area (Å²) >= 11 is 5.67. The summed E-state index contributed by atoms with van der Waals surface area (Å²) in [5.74, 6) is -0.321. The summed E-state index contributed by atoms with van der Waals surface area (Å²) in [5.41, 5.74) is 0.741. The van der Waals surface area contributed by atoms with Crippen LogP contribution < -0.4 is 9.47 Å². The maximum atomic E-state index is 13.7. The van der Waals surface area contributed by atoms with Gasteiger partial charge in [0.2, 0.25) is 11.1 Å². The lowest BCUT2D eigenvalue weighted by Gasteiger charge is -2.12. The highest BCUT2D eigenvalue weighted by molar-refractivity contribution is 6.28. The van der Waals surface area contributed by atoms with Crippen molar-refractivity contribution < 1.29 is 13.9 Å². The highest BCUT2D eigenvalue weighted by Crippen LogP contribution is 2.32. The molecule has 0 aliphatic carbocycles. The summed E-state index contributed by atoms with van der Waals surface area (Å²) in [4.78, 5) is 7.26. The van der Waals surface area contributed by atoms with E-state index in [9.17, 15) is 4.39 Å². The molecular weight excluding hydrogens is 351 g/mol. The Morgan fingerprint density at radius 2 is 2.08 bits per heavy atom. The Morgan fingerprint density at radius 3 is 2.84 bits per heavy atom. The molecule has 0 saturated heterocycles. The van der Waals surface area contributed by atoms with Crippen LogP contribution in [0.3, 0.4) is 0 Å². The Morgan fingerprint density at radius 1 is 1.28 bits per heavy atom. The average Bonchev–Trinajstić information content (AvgIpc) is 3.12. The average molecular weight is 363 g/mol. The summed E-state index contributed by atoms with van der Waals surface area (Å²) < 4.78 is 26.2. The van der Waals surface area contributed by atoms with Gasteiger partial charge in [0.25, 0.3) is 5.88 Å². The van der Waals surface area contributed by atoms with Crippen LogP contribution in [0.2, 0.25) is 5.28 Å². The van der Waals surface area contributed by atoms with Crippen molar-refractivity contribution >= 4 is 17.8 Å². The smallest absolute Gasteiger partial charge is 0.260 e. The fourth-order valence-electron chi connectivity index (χ4n) is 1.85. The zero-order chi connectivity index (χ0) is 17.6. The first kappa shape index (κ1) is 16.8. The molecule has 0 aliphatic heterocycles. The molecule has 3 aromatic rings. The molecule has 128 valence electrons. The molecule has 0 radical (unpaired) electrons. The van der Waals surface area contributed by atoms with Crippen molar-refractivity contribution in [1.82, 2.24) is 24.8 Å². The van der Waals surface area contributed by atoms with Crippen molar-refractivity contribution in [3.8, 4) is 17.4 Å². The predicted octanol–water partition coefficient (Wildman–Crippen LogP) is 2.93. The molecule has 3 rings (SSSR count). The van der Waals surface area contributed by atoms with E-state index in [1.165, 1.54) is 17.3 Å². The van der Waals surface area contributed by atoms with E-state index in [2.05, 4.69) is 25.3 Å². The number of ether oxygens (including phenoxy) is 2. The number of hydrogen-bond acceptors (Lipinski definition) is 7. The second-order valence-corrected chi connectivity index (χ2v) is 4.96. The topological polar surface area (TPSA) is 87.3 Å². The molecular formula is C15H12ClFN6O2. The standard InChI is InChI=1S/C15H12ClFN6O2/c1-2-24-13-5-10(6-21-23-8-19-20-9-23)3-4-12(13)25-14-11(17)7-18-15(16)22-14/h3-9H,2H2,1H3/b21-6+. The minimum Gasteiger partial charge on any atom is -0.490 e. The van der Waals surface area contributed by atoms with Crippen LogP contribution in [0.1, 0.15) is 12.5 Å². The van der Waals surface area contributed by atoms with Crippen LogP contribution in [0, 0.1) is 5.82 Å². The van der Waals surface area contributed by atoms with E-state index in [0.717, 1.165) is 11.8 Å². The first-order valence-electron chi connectivity index (χ1n) is 7.17. The van der Waals surface area contributed by atoms with E-state index in [4.69, 9.17) is 21.1 Å². The third kappa shape index (κ3) is 4.27. The number of benzene rings is 1. The fraction of sp³-hybridized carbons (Fsp3) is 0.133. The van der Waals surface area contributed by atoms with Crippen LogP contribution in [-0.4, -0.2) is 37.7 Å². The van der Waals surface area contributed by atoms with Gasteiger partial charge in [0.1, 0.15) is 12.7 Å². The Balaban J connectivity index is 1.87. The highest BCUT2D eigenvalue weighted by atomic mass is 35.5. The van der Waals surface area contributed by atoms with Gasteiger partial charge in [0.15, 0.2) is 11.5 Å². The molecule has 10 heteroatoms. The zero-order valence-electron chi connectivity index (χ0n) is 13.0. The van der Waals surface area contributed by atoms with Crippen molar-refractivity contribution in [2.75, 3.05) is 6.61 Å². The predicted molar refractivity (Wildman–Crippen MR) is 87.7 cm³/mol. The first-order valence-corrected chi connectivity index (χ1v) is 7.55. The molecule has 2 heterocycles. The third-order valence-corrected chi connectivity index (χ3v) is 3.09. The summed E-state index contributed by atoms with van der Waals surface area (Å²) in [5, 5.41) is 11.3. The molecule has 2 aromatic heterocycles. The minimum absolute atomic E-state index is 0.118. The summed E-state index contributed by atoms with van der Waals surface area (Å²) in [6, 6.07) is 5.05. The van der Waals surface area contributed by atoms with Gasteiger partial charge in [0, 0.05) is 0 Å². The molecule has 25 heavy (non-hydrogen) atoms. The van der Waals surface area contributed by atoms with Crippen molar-refractivity contribution in [3.05, 3.63) is 53.7 Å². The molecule has 0 N–H and O–H groups in total. The summed E-state index contributed by atoms with van der Waals surface area (Å²) in [7, 11) is 0. The van der Waals surface area contributed by atoms with E-state index in [1.807, 2.05) is 6.92 Å². The van der Waals surface area contributed by atoms with Crippen molar-refractivity contribution in [2.24, 2.45) is 5.10 Å². The molecule has 0 unspecified atom stereocenters. The Bertz CT molecular complexity index is 888. The van der Waals surface area contributed by atoms with Crippen LogP contribution >= 0.6 is 11.6 Å². The molecule has 0 spiro atoms. The van der Waals surface area contributed by atoms with E-state index in [0.29, 0.717) is 12.4 Å². The normalized spacial score (nSPS) is 11.0. The van der Waals surface area contributed by atoms with E-state index >= 15 is 0 Å². The molecule has 0 amide bonds. The van der Waals surface area contributed by atoms with Crippen LogP contribution in [0.5, 0.6) is 17.4 Å². The molecule has 8 nitrogen and oxygen atoms in total. The SMILES string of the molecule is CCOc1cc(/C=N/n2cnnc2)ccc1Oc1nc(Cl)ncc1F. The van der Waals surface area contributed by atoms with Crippen molar-refractivity contribution in [2.45, 2.75) is 6.92 Å². The fourth-order valence-corrected chi connectivity index (χ4v) is 1.98. The number of nitrogens with zero attached hydrogens (tertiary/aromatic N) is 6. The number of halogens is 2. The van der Waals surface area contributed by atoms with Gasteiger partial charge in [-0.05, 0) is 42.3 Å². The van der Waals surface area contributed by atoms with Gasteiger partial charge < -0.3 is 9.47 Å². The van der Waals surface area contributed by atoms with Gasteiger partial charge in [-0.2, -0.15) is 14.5 Å².